The number of anilines is 1. The zero-order chi connectivity index (χ0) is 14.7. The van der Waals surface area contributed by atoms with Crippen LogP contribution in [-0.4, -0.2) is 49.2 Å². The molecule has 4 nitrogen and oxygen atoms in total. The molecule has 1 aliphatic heterocycles. The number of nitrogens with zero attached hydrogens (tertiary/aromatic N) is 3. The van der Waals surface area contributed by atoms with E-state index in [-0.39, 0.29) is 0 Å². The third kappa shape index (κ3) is 4.66. The first-order chi connectivity index (χ1) is 10.2. The molecule has 1 aliphatic carbocycles. The van der Waals surface area contributed by atoms with Gasteiger partial charge in [-0.3, -0.25) is 4.90 Å². The highest BCUT2D eigenvalue weighted by molar-refractivity contribution is 7.15. The van der Waals surface area contributed by atoms with Gasteiger partial charge < -0.3 is 10.2 Å². The van der Waals surface area contributed by atoms with E-state index < -0.39 is 0 Å². The number of piperazine rings is 1. The fraction of sp³-hybridized carbons (Fsp3) is 0.812. The Balaban J connectivity index is 1.43. The quantitative estimate of drug-likeness (QED) is 0.838. The monoisotopic (exact) mass is 308 g/mol. The molecule has 1 aromatic rings. The lowest BCUT2D eigenvalue weighted by Gasteiger charge is -2.34. The van der Waals surface area contributed by atoms with Crippen molar-refractivity contribution in [2.75, 3.05) is 44.2 Å². The van der Waals surface area contributed by atoms with Crippen molar-refractivity contribution in [2.45, 2.75) is 33.2 Å². The third-order valence-corrected chi connectivity index (χ3v) is 5.31. The Morgan fingerprint density at radius 2 is 2.05 bits per heavy atom. The molecule has 0 radical (unpaired) electrons. The molecule has 0 unspecified atom stereocenters. The summed E-state index contributed by atoms with van der Waals surface area (Å²) in [5.74, 6) is 1.71. The third-order valence-electron chi connectivity index (χ3n) is 4.25. The van der Waals surface area contributed by atoms with Crippen LogP contribution in [0.2, 0.25) is 0 Å². The second kappa shape index (κ2) is 7.07. The highest BCUT2D eigenvalue weighted by atomic mass is 32.1. The van der Waals surface area contributed by atoms with Crippen LogP contribution in [0.3, 0.4) is 0 Å². The van der Waals surface area contributed by atoms with Gasteiger partial charge in [0.15, 0.2) is 5.13 Å². The normalized spacial score (nSPS) is 20.4. The lowest BCUT2D eigenvalue weighted by atomic mass is 10.2. The van der Waals surface area contributed by atoms with Crippen molar-refractivity contribution in [1.29, 1.82) is 0 Å². The molecular formula is C16H28N4S. The molecule has 5 heteroatoms. The summed E-state index contributed by atoms with van der Waals surface area (Å²) in [5.41, 5.74) is 0. The minimum atomic E-state index is 0.705. The summed E-state index contributed by atoms with van der Waals surface area (Å²) in [4.78, 5) is 11.1. The maximum Gasteiger partial charge on any atom is 0.185 e. The van der Waals surface area contributed by atoms with Crippen molar-refractivity contribution < 1.29 is 0 Å². The van der Waals surface area contributed by atoms with Crippen LogP contribution >= 0.6 is 11.3 Å². The standard InChI is InChI=1S/C16H28N4S/c1-13(2)9-17-10-15-11-18-16(21-15)20-7-5-19(6-8-20)12-14-3-4-14/h11,13-14,17H,3-10,12H2,1-2H3. The Bertz CT molecular complexity index is 433. The zero-order valence-corrected chi connectivity index (χ0v) is 14.2. The molecule has 0 atom stereocenters. The number of hydrogen-bond acceptors (Lipinski definition) is 5. The van der Waals surface area contributed by atoms with E-state index in [9.17, 15) is 0 Å². The van der Waals surface area contributed by atoms with Crippen LogP contribution < -0.4 is 10.2 Å². The maximum absolute atomic E-state index is 4.62. The van der Waals surface area contributed by atoms with E-state index in [2.05, 4.69) is 33.9 Å². The summed E-state index contributed by atoms with van der Waals surface area (Å²) in [6, 6.07) is 0. The molecule has 118 valence electrons. The highest BCUT2D eigenvalue weighted by Gasteiger charge is 2.26. The van der Waals surface area contributed by atoms with Crippen molar-refractivity contribution in [1.82, 2.24) is 15.2 Å². The van der Waals surface area contributed by atoms with Gasteiger partial charge >= 0.3 is 0 Å². The van der Waals surface area contributed by atoms with E-state index in [4.69, 9.17) is 0 Å². The maximum atomic E-state index is 4.62. The van der Waals surface area contributed by atoms with Gasteiger partial charge in [0, 0.05) is 50.3 Å². The summed E-state index contributed by atoms with van der Waals surface area (Å²) in [6.45, 7) is 12.5. The van der Waals surface area contributed by atoms with Gasteiger partial charge in [-0.1, -0.05) is 13.8 Å². The van der Waals surface area contributed by atoms with Crippen LogP contribution in [0.25, 0.3) is 0 Å². The van der Waals surface area contributed by atoms with Gasteiger partial charge in [-0.2, -0.15) is 0 Å². The predicted molar refractivity (Wildman–Crippen MR) is 90.0 cm³/mol. The smallest absolute Gasteiger partial charge is 0.185 e. The average Bonchev–Trinajstić information content (AvgIpc) is 3.15. The van der Waals surface area contributed by atoms with E-state index in [0.717, 1.165) is 32.1 Å². The second-order valence-electron chi connectivity index (χ2n) is 6.86. The first-order valence-electron chi connectivity index (χ1n) is 8.33. The van der Waals surface area contributed by atoms with Gasteiger partial charge in [0.25, 0.3) is 0 Å². The number of aromatic nitrogens is 1. The fourth-order valence-electron chi connectivity index (χ4n) is 2.80. The molecular weight excluding hydrogens is 280 g/mol. The molecule has 1 saturated carbocycles. The Morgan fingerprint density at radius 3 is 2.71 bits per heavy atom. The number of hydrogen-bond donors (Lipinski definition) is 1. The van der Waals surface area contributed by atoms with E-state index in [1.807, 2.05) is 17.5 Å². The summed E-state index contributed by atoms with van der Waals surface area (Å²) >= 11 is 1.85. The van der Waals surface area contributed by atoms with Crippen LogP contribution in [0, 0.1) is 11.8 Å². The van der Waals surface area contributed by atoms with Crippen molar-refractivity contribution in [3.63, 3.8) is 0 Å². The van der Waals surface area contributed by atoms with Crippen LogP contribution in [0.5, 0.6) is 0 Å². The van der Waals surface area contributed by atoms with Gasteiger partial charge in [0.05, 0.1) is 0 Å². The summed E-state index contributed by atoms with van der Waals surface area (Å²) in [7, 11) is 0. The number of nitrogens with one attached hydrogen (secondary N) is 1. The molecule has 1 saturated heterocycles. The Morgan fingerprint density at radius 1 is 1.29 bits per heavy atom. The summed E-state index contributed by atoms with van der Waals surface area (Å²) < 4.78 is 0. The molecule has 1 aromatic heterocycles. The molecule has 0 amide bonds. The van der Waals surface area contributed by atoms with E-state index in [1.54, 1.807) is 0 Å². The molecule has 0 aromatic carbocycles. The topological polar surface area (TPSA) is 31.4 Å². The molecule has 0 bridgehead atoms. The van der Waals surface area contributed by atoms with Gasteiger partial charge in [-0.15, -0.1) is 11.3 Å². The Hall–Kier alpha value is -0.650. The van der Waals surface area contributed by atoms with Crippen molar-refractivity contribution in [3.8, 4) is 0 Å². The Kier molecular flexibility index (Phi) is 5.14. The number of rotatable bonds is 7. The Labute approximate surface area is 132 Å². The average molecular weight is 308 g/mol. The van der Waals surface area contributed by atoms with Crippen LogP contribution in [-0.2, 0) is 6.54 Å². The predicted octanol–water partition coefficient (Wildman–Crippen LogP) is 2.42. The van der Waals surface area contributed by atoms with E-state index in [1.165, 1.54) is 42.5 Å². The van der Waals surface area contributed by atoms with Gasteiger partial charge in [0.2, 0.25) is 0 Å². The van der Waals surface area contributed by atoms with Crippen molar-refractivity contribution in [2.24, 2.45) is 11.8 Å². The minimum absolute atomic E-state index is 0.705. The first kappa shape index (κ1) is 15.3. The molecule has 21 heavy (non-hydrogen) atoms. The lowest BCUT2D eigenvalue weighted by molar-refractivity contribution is 0.248. The largest absolute Gasteiger partial charge is 0.346 e. The number of thiazole rings is 1. The highest BCUT2D eigenvalue weighted by Crippen LogP contribution is 2.30. The molecule has 2 heterocycles. The second-order valence-corrected chi connectivity index (χ2v) is 7.96. The lowest BCUT2D eigenvalue weighted by Crippen LogP contribution is -2.46. The SMILES string of the molecule is CC(C)CNCc1cnc(N2CCN(CC3CC3)CC2)s1. The summed E-state index contributed by atoms with van der Waals surface area (Å²) in [6.07, 6.45) is 4.96. The molecule has 3 rings (SSSR count). The molecule has 2 fully saturated rings. The van der Waals surface area contributed by atoms with Crippen LogP contribution in [0.4, 0.5) is 5.13 Å². The molecule has 0 spiro atoms. The zero-order valence-electron chi connectivity index (χ0n) is 13.3. The summed E-state index contributed by atoms with van der Waals surface area (Å²) in [5, 5.41) is 4.71. The molecule has 1 N–H and O–H groups in total. The molecule has 2 aliphatic rings. The van der Waals surface area contributed by atoms with Crippen molar-refractivity contribution in [3.05, 3.63) is 11.1 Å². The first-order valence-corrected chi connectivity index (χ1v) is 9.15. The van der Waals surface area contributed by atoms with Crippen molar-refractivity contribution >= 4 is 16.5 Å². The van der Waals surface area contributed by atoms with E-state index >= 15 is 0 Å². The van der Waals surface area contributed by atoms with Gasteiger partial charge in [-0.25, -0.2) is 4.98 Å². The van der Waals surface area contributed by atoms with E-state index in [0.29, 0.717) is 5.92 Å². The fourth-order valence-corrected chi connectivity index (χ4v) is 3.73. The van der Waals surface area contributed by atoms with Crippen LogP contribution in [0.15, 0.2) is 6.20 Å². The van der Waals surface area contributed by atoms with Gasteiger partial charge in [0.1, 0.15) is 0 Å². The van der Waals surface area contributed by atoms with Crippen LogP contribution in [0.1, 0.15) is 31.6 Å². The van der Waals surface area contributed by atoms with Gasteiger partial charge in [-0.05, 0) is 31.2 Å². The minimum Gasteiger partial charge on any atom is -0.346 e.